The molecular formula is C23H31NO5. The normalized spacial score (nSPS) is 28.6. The third-order valence-corrected chi connectivity index (χ3v) is 6.23. The van der Waals surface area contributed by atoms with Crippen LogP contribution < -0.4 is 0 Å². The van der Waals surface area contributed by atoms with E-state index in [1.807, 2.05) is 56.0 Å². The average Bonchev–Trinajstić information content (AvgIpc) is 3.60. The van der Waals surface area contributed by atoms with Crippen LogP contribution in [0.2, 0.25) is 0 Å². The van der Waals surface area contributed by atoms with Crippen LogP contribution in [0.3, 0.4) is 0 Å². The van der Waals surface area contributed by atoms with Crippen LogP contribution in [0.4, 0.5) is 0 Å². The summed E-state index contributed by atoms with van der Waals surface area (Å²) in [5.41, 5.74) is 0.654. The quantitative estimate of drug-likeness (QED) is 0.627. The summed E-state index contributed by atoms with van der Waals surface area (Å²) in [6, 6.07) is 10.0. The molecule has 6 nitrogen and oxygen atoms in total. The van der Waals surface area contributed by atoms with E-state index in [0.29, 0.717) is 26.3 Å². The van der Waals surface area contributed by atoms with Crippen molar-refractivity contribution in [1.82, 2.24) is 4.90 Å². The molecule has 158 valence electrons. The van der Waals surface area contributed by atoms with Crippen molar-refractivity contribution in [3.63, 3.8) is 0 Å². The number of ether oxygens (including phenoxy) is 3. The molecule has 0 spiro atoms. The van der Waals surface area contributed by atoms with Crippen LogP contribution in [-0.2, 0) is 29.2 Å². The summed E-state index contributed by atoms with van der Waals surface area (Å²) in [5, 5.41) is 0. The van der Waals surface area contributed by atoms with Gasteiger partial charge in [0, 0.05) is 13.1 Å². The highest BCUT2D eigenvalue weighted by molar-refractivity contribution is 5.91. The summed E-state index contributed by atoms with van der Waals surface area (Å²) in [6.45, 7) is 7.53. The van der Waals surface area contributed by atoms with Crippen molar-refractivity contribution < 1.29 is 23.8 Å². The maximum atomic E-state index is 13.7. The molecule has 1 saturated heterocycles. The second-order valence-electron chi connectivity index (χ2n) is 8.96. The first-order chi connectivity index (χ1) is 13.8. The van der Waals surface area contributed by atoms with E-state index in [0.717, 1.165) is 24.8 Å². The van der Waals surface area contributed by atoms with E-state index in [-0.39, 0.29) is 29.8 Å². The summed E-state index contributed by atoms with van der Waals surface area (Å²) in [5.74, 6) is -0.542. The molecule has 1 aliphatic heterocycles. The Labute approximate surface area is 172 Å². The minimum absolute atomic E-state index is 0.0886. The highest BCUT2D eigenvalue weighted by Gasteiger charge is 2.55. The second-order valence-corrected chi connectivity index (χ2v) is 8.96. The minimum atomic E-state index is -0.622. The molecule has 0 unspecified atom stereocenters. The Balaban J connectivity index is 1.48. The van der Waals surface area contributed by atoms with Crippen LogP contribution >= 0.6 is 0 Å². The maximum absolute atomic E-state index is 13.7. The van der Waals surface area contributed by atoms with Gasteiger partial charge in [0.05, 0.1) is 24.5 Å². The van der Waals surface area contributed by atoms with Gasteiger partial charge >= 0.3 is 5.97 Å². The lowest BCUT2D eigenvalue weighted by atomic mass is 9.94. The van der Waals surface area contributed by atoms with Gasteiger partial charge in [-0.1, -0.05) is 30.3 Å². The monoisotopic (exact) mass is 401 g/mol. The van der Waals surface area contributed by atoms with E-state index >= 15 is 0 Å². The smallest absolute Gasteiger partial charge is 0.309 e. The summed E-state index contributed by atoms with van der Waals surface area (Å²) < 4.78 is 16.8. The average molecular weight is 402 g/mol. The molecule has 3 atom stereocenters. The number of hydrogen-bond donors (Lipinski definition) is 0. The SMILES string of the molecule is CCOC(=O)[C@@H]1C[C@H]1CN(C[C@@H]1COC(C)(C)O1)C(=O)C1(c2ccccc2)CC1. The first kappa shape index (κ1) is 20.4. The van der Waals surface area contributed by atoms with E-state index in [9.17, 15) is 9.59 Å². The molecule has 2 aliphatic carbocycles. The number of esters is 1. The lowest BCUT2D eigenvalue weighted by Gasteiger charge is -2.30. The summed E-state index contributed by atoms with van der Waals surface area (Å²) in [7, 11) is 0. The molecule has 1 amide bonds. The van der Waals surface area contributed by atoms with E-state index in [4.69, 9.17) is 14.2 Å². The summed E-state index contributed by atoms with van der Waals surface area (Å²) in [6.07, 6.45) is 2.37. The zero-order valence-corrected chi connectivity index (χ0v) is 17.6. The third-order valence-electron chi connectivity index (χ3n) is 6.23. The molecule has 6 heteroatoms. The molecule has 1 heterocycles. The maximum Gasteiger partial charge on any atom is 0.309 e. The highest BCUT2D eigenvalue weighted by Crippen LogP contribution is 2.50. The Morgan fingerprint density at radius 2 is 1.90 bits per heavy atom. The van der Waals surface area contributed by atoms with E-state index in [2.05, 4.69) is 0 Å². The topological polar surface area (TPSA) is 65.1 Å². The predicted octanol–water partition coefficient (Wildman–Crippen LogP) is 2.90. The standard InChI is InChI=1S/C23H31NO5/c1-4-27-20(25)19-12-16(19)13-24(14-18-15-28-22(2,3)29-18)21(26)23(10-11-23)17-8-6-5-7-9-17/h5-9,16,18-19H,4,10-15H2,1-3H3/t16-,18+,19+/m0/s1. The number of carbonyl (C=O) groups is 2. The Hall–Kier alpha value is -1.92. The Kier molecular flexibility index (Phi) is 5.42. The van der Waals surface area contributed by atoms with Gasteiger partial charge in [0.2, 0.25) is 5.91 Å². The van der Waals surface area contributed by atoms with Crippen LogP contribution in [-0.4, -0.2) is 55.0 Å². The number of amides is 1. The van der Waals surface area contributed by atoms with Crippen LogP contribution in [0, 0.1) is 11.8 Å². The molecule has 3 aliphatic rings. The fraction of sp³-hybridized carbons (Fsp3) is 0.652. The van der Waals surface area contributed by atoms with Gasteiger partial charge in [-0.25, -0.2) is 0 Å². The molecular weight excluding hydrogens is 370 g/mol. The van der Waals surface area contributed by atoms with E-state index in [1.54, 1.807) is 0 Å². The lowest BCUT2D eigenvalue weighted by molar-refractivity contribution is -0.148. The van der Waals surface area contributed by atoms with Gasteiger partial charge in [0.15, 0.2) is 5.79 Å². The summed E-state index contributed by atoms with van der Waals surface area (Å²) >= 11 is 0. The first-order valence-electron chi connectivity index (χ1n) is 10.7. The largest absolute Gasteiger partial charge is 0.466 e. The van der Waals surface area contributed by atoms with Crippen LogP contribution in [0.25, 0.3) is 0 Å². The molecule has 2 saturated carbocycles. The molecule has 1 aromatic carbocycles. The van der Waals surface area contributed by atoms with Crippen molar-refractivity contribution in [3.05, 3.63) is 35.9 Å². The van der Waals surface area contributed by atoms with E-state index in [1.165, 1.54) is 0 Å². The zero-order chi connectivity index (χ0) is 20.6. The molecule has 29 heavy (non-hydrogen) atoms. The second kappa shape index (κ2) is 7.73. The van der Waals surface area contributed by atoms with Crippen molar-refractivity contribution in [2.75, 3.05) is 26.3 Å². The van der Waals surface area contributed by atoms with Crippen LogP contribution in [0.5, 0.6) is 0 Å². The van der Waals surface area contributed by atoms with Gasteiger partial charge in [-0.2, -0.15) is 0 Å². The van der Waals surface area contributed by atoms with E-state index < -0.39 is 11.2 Å². The predicted molar refractivity (Wildman–Crippen MR) is 107 cm³/mol. The van der Waals surface area contributed by atoms with Crippen molar-refractivity contribution in [2.45, 2.75) is 57.3 Å². The Morgan fingerprint density at radius 1 is 1.17 bits per heavy atom. The molecule has 1 aromatic rings. The van der Waals surface area contributed by atoms with Gasteiger partial charge in [0.25, 0.3) is 0 Å². The number of carbonyl (C=O) groups excluding carboxylic acids is 2. The lowest BCUT2D eigenvalue weighted by Crippen LogP contribution is -2.45. The van der Waals surface area contributed by atoms with Gasteiger partial charge in [-0.15, -0.1) is 0 Å². The molecule has 0 bridgehead atoms. The van der Waals surface area contributed by atoms with Gasteiger partial charge in [-0.05, 0) is 51.5 Å². The van der Waals surface area contributed by atoms with Crippen LogP contribution in [0.1, 0.15) is 45.6 Å². The first-order valence-corrected chi connectivity index (χ1v) is 10.7. The molecule has 0 radical (unpaired) electrons. The van der Waals surface area contributed by atoms with Crippen molar-refractivity contribution in [3.8, 4) is 0 Å². The Bertz CT molecular complexity index is 758. The Morgan fingerprint density at radius 3 is 2.48 bits per heavy atom. The number of rotatable bonds is 8. The van der Waals surface area contributed by atoms with Crippen molar-refractivity contribution in [2.24, 2.45) is 11.8 Å². The van der Waals surface area contributed by atoms with Crippen molar-refractivity contribution >= 4 is 11.9 Å². The molecule has 3 fully saturated rings. The third kappa shape index (κ3) is 4.33. The molecule has 0 N–H and O–H groups in total. The van der Waals surface area contributed by atoms with Gasteiger partial charge < -0.3 is 19.1 Å². The molecule has 0 aromatic heterocycles. The van der Waals surface area contributed by atoms with Crippen LogP contribution in [0.15, 0.2) is 30.3 Å². The minimum Gasteiger partial charge on any atom is -0.466 e. The van der Waals surface area contributed by atoms with Gasteiger partial charge in [0.1, 0.15) is 6.10 Å². The van der Waals surface area contributed by atoms with Gasteiger partial charge in [-0.3, -0.25) is 9.59 Å². The number of benzene rings is 1. The fourth-order valence-corrected chi connectivity index (χ4v) is 4.42. The fourth-order valence-electron chi connectivity index (χ4n) is 4.42. The number of hydrogen-bond acceptors (Lipinski definition) is 5. The zero-order valence-electron chi connectivity index (χ0n) is 17.6. The molecule has 4 rings (SSSR count). The highest BCUT2D eigenvalue weighted by atomic mass is 16.7. The summed E-state index contributed by atoms with van der Waals surface area (Å²) in [4.78, 5) is 27.6. The number of nitrogens with zero attached hydrogens (tertiary/aromatic N) is 1. The van der Waals surface area contributed by atoms with Crippen molar-refractivity contribution in [1.29, 1.82) is 0 Å².